The second kappa shape index (κ2) is 21.2. The average Bonchev–Trinajstić information content (AvgIpc) is 2.82. The van der Waals surface area contributed by atoms with Crippen LogP contribution >= 0.6 is 18.9 Å². The van der Waals surface area contributed by atoms with Gasteiger partial charge in [0.15, 0.2) is 0 Å². The summed E-state index contributed by atoms with van der Waals surface area (Å²) in [6, 6.07) is 8.87. The Kier molecular flexibility index (Phi) is 19.9. The zero-order valence-electron chi connectivity index (χ0n) is 22.7. The minimum absolute atomic E-state index is 0.880. The number of benzene rings is 1. The zero-order chi connectivity index (χ0) is 24.0. The highest BCUT2D eigenvalue weighted by Gasteiger charge is 2.35. The van der Waals surface area contributed by atoms with Crippen LogP contribution in [0.4, 0.5) is 0 Å². The number of hydrogen-bond acceptors (Lipinski definition) is 0. The lowest BCUT2D eigenvalue weighted by Gasteiger charge is -2.29. The molecule has 1 rings (SSSR count). The van der Waals surface area contributed by atoms with Crippen molar-refractivity contribution in [3.8, 4) is 0 Å². The maximum absolute atomic E-state index is 6.22. The molecule has 0 bridgehead atoms. The molecular weight excluding hydrogens is 439 g/mol. The summed E-state index contributed by atoms with van der Waals surface area (Å²) in [5, 5.41) is 0.880. The van der Waals surface area contributed by atoms with Crippen LogP contribution in [0.5, 0.6) is 0 Å². The van der Waals surface area contributed by atoms with Gasteiger partial charge in [-0.15, -0.1) is 0 Å². The van der Waals surface area contributed by atoms with E-state index in [1.807, 2.05) is 0 Å². The third-order valence-corrected chi connectivity index (χ3v) is 12.5. The normalized spacial score (nSPS) is 11.9. The molecule has 1 aromatic rings. The first-order chi connectivity index (χ1) is 16.2. The summed E-state index contributed by atoms with van der Waals surface area (Å²) < 4.78 is 0. The molecule has 33 heavy (non-hydrogen) atoms. The van der Waals surface area contributed by atoms with Crippen molar-refractivity contribution in [2.75, 3.05) is 18.5 Å². The summed E-state index contributed by atoms with van der Waals surface area (Å²) >= 11 is 6.22. The molecule has 0 heterocycles. The van der Waals surface area contributed by atoms with E-state index in [4.69, 9.17) is 11.6 Å². The van der Waals surface area contributed by atoms with Gasteiger partial charge in [0.25, 0.3) is 0 Å². The van der Waals surface area contributed by atoms with E-state index in [-0.39, 0.29) is 0 Å². The van der Waals surface area contributed by atoms with Crippen molar-refractivity contribution < 1.29 is 0 Å². The molecule has 0 atom stereocenters. The highest BCUT2D eigenvalue weighted by Crippen LogP contribution is 2.63. The van der Waals surface area contributed by atoms with Gasteiger partial charge in [0.05, 0.1) is 24.6 Å². The molecule has 0 spiro atoms. The van der Waals surface area contributed by atoms with Crippen LogP contribution in [0.2, 0.25) is 5.02 Å². The fourth-order valence-electron chi connectivity index (χ4n) is 5.23. The molecule has 0 radical (unpaired) electrons. The van der Waals surface area contributed by atoms with Gasteiger partial charge in [-0.3, -0.25) is 0 Å². The number of unbranched alkanes of at least 4 members (excludes halogenated alkanes) is 15. The third-order valence-electron chi connectivity index (χ3n) is 7.39. The predicted molar refractivity (Wildman–Crippen MR) is 157 cm³/mol. The Morgan fingerprint density at radius 3 is 1.18 bits per heavy atom. The molecule has 0 aliphatic rings. The summed E-state index contributed by atoms with van der Waals surface area (Å²) in [6.45, 7) is 6.97. The van der Waals surface area contributed by atoms with Gasteiger partial charge in [-0.2, -0.15) is 0 Å². The molecule has 2 heteroatoms. The first-order valence-corrected chi connectivity index (χ1v) is 17.7. The van der Waals surface area contributed by atoms with E-state index in [9.17, 15) is 0 Å². The van der Waals surface area contributed by atoms with Crippen molar-refractivity contribution in [1.82, 2.24) is 0 Å². The molecule has 0 fully saturated rings. The van der Waals surface area contributed by atoms with Crippen LogP contribution in [-0.4, -0.2) is 18.5 Å². The van der Waals surface area contributed by atoms with Gasteiger partial charge >= 0.3 is 0 Å². The molecule has 0 N–H and O–H groups in total. The van der Waals surface area contributed by atoms with E-state index in [1.54, 1.807) is 5.56 Å². The van der Waals surface area contributed by atoms with Crippen LogP contribution in [-0.2, 0) is 6.16 Å². The summed E-state index contributed by atoms with van der Waals surface area (Å²) in [4.78, 5) is 0. The Morgan fingerprint density at radius 2 is 0.818 bits per heavy atom. The molecule has 0 aliphatic carbocycles. The first kappa shape index (κ1) is 31.0. The largest absolute Gasteiger partial charge is 0.0843 e. The number of rotatable bonds is 23. The smallest absolute Gasteiger partial charge is 0.0842 e. The second-order valence-electron chi connectivity index (χ2n) is 10.6. The summed E-state index contributed by atoms with van der Waals surface area (Å²) in [5.74, 6) is 0. The van der Waals surface area contributed by atoms with Crippen molar-refractivity contribution in [3.63, 3.8) is 0 Å². The van der Waals surface area contributed by atoms with Gasteiger partial charge in [0.1, 0.15) is 0 Å². The van der Waals surface area contributed by atoms with Crippen molar-refractivity contribution in [3.05, 3.63) is 34.9 Å². The Hall–Kier alpha value is -0.0600. The number of hydrogen-bond donors (Lipinski definition) is 0. The third kappa shape index (κ3) is 16.3. The van der Waals surface area contributed by atoms with Crippen LogP contribution < -0.4 is 0 Å². The quantitative estimate of drug-likeness (QED) is 0.104. The standard InChI is InChI=1S/C31H57ClP/c1-4-7-10-13-16-19-26-33(27-20-17-14-11-8-5-2,28-21-18-15-12-9-6-3)29-30-22-24-31(32)25-23-30/h22-25H,4-21,26-29H2,1-3H3/q+1. The second-order valence-corrected chi connectivity index (χ2v) is 15.4. The predicted octanol–water partition coefficient (Wildman–Crippen LogP) is 11.9. The summed E-state index contributed by atoms with van der Waals surface area (Å²) in [7, 11) is -0.943. The lowest BCUT2D eigenvalue weighted by molar-refractivity contribution is 0.615. The van der Waals surface area contributed by atoms with Crippen LogP contribution in [0.25, 0.3) is 0 Å². The highest BCUT2D eigenvalue weighted by atomic mass is 35.5. The van der Waals surface area contributed by atoms with Crippen LogP contribution in [0.1, 0.15) is 142 Å². The lowest BCUT2D eigenvalue weighted by atomic mass is 10.1. The van der Waals surface area contributed by atoms with Gasteiger partial charge in [-0.25, -0.2) is 0 Å². The highest BCUT2D eigenvalue weighted by molar-refractivity contribution is 7.75. The maximum atomic E-state index is 6.22. The molecular formula is C31H57ClP+. The van der Waals surface area contributed by atoms with Gasteiger partial charge in [-0.1, -0.05) is 122 Å². The van der Waals surface area contributed by atoms with E-state index in [2.05, 4.69) is 45.0 Å². The Morgan fingerprint density at radius 1 is 0.485 bits per heavy atom. The van der Waals surface area contributed by atoms with E-state index < -0.39 is 7.26 Å². The van der Waals surface area contributed by atoms with E-state index in [0.717, 1.165) is 5.02 Å². The van der Waals surface area contributed by atoms with Crippen molar-refractivity contribution >= 4 is 18.9 Å². The van der Waals surface area contributed by atoms with Gasteiger partial charge in [0, 0.05) is 12.3 Å². The van der Waals surface area contributed by atoms with Gasteiger partial charge in [0.2, 0.25) is 0 Å². The molecule has 1 aromatic carbocycles. The molecule has 0 unspecified atom stereocenters. The van der Waals surface area contributed by atoms with Crippen LogP contribution in [0.3, 0.4) is 0 Å². The lowest BCUT2D eigenvalue weighted by Crippen LogP contribution is -2.12. The van der Waals surface area contributed by atoms with E-state index in [1.165, 1.54) is 140 Å². The first-order valence-electron chi connectivity index (χ1n) is 14.8. The fraction of sp³-hybridized carbons (Fsp3) is 0.806. The van der Waals surface area contributed by atoms with Gasteiger partial charge < -0.3 is 0 Å². The Bertz CT molecular complexity index is 498. The minimum atomic E-state index is -0.943. The topological polar surface area (TPSA) is 0 Å². The van der Waals surface area contributed by atoms with Crippen LogP contribution in [0, 0.1) is 0 Å². The Labute approximate surface area is 214 Å². The molecule has 0 nitrogen and oxygen atoms in total. The molecule has 0 saturated carbocycles. The molecule has 192 valence electrons. The van der Waals surface area contributed by atoms with Crippen molar-refractivity contribution in [1.29, 1.82) is 0 Å². The van der Waals surface area contributed by atoms with Crippen LogP contribution in [0.15, 0.2) is 24.3 Å². The maximum Gasteiger partial charge on any atom is 0.0842 e. The Balaban J connectivity index is 2.76. The molecule has 0 amide bonds. The van der Waals surface area contributed by atoms with Crippen molar-refractivity contribution in [2.45, 2.75) is 143 Å². The summed E-state index contributed by atoms with van der Waals surface area (Å²) in [6.07, 6.45) is 31.7. The average molecular weight is 496 g/mol. The van der Waals surface area contributed by atoms with Gasteiger partial charge in [-0.05, 0) is 56.2 Å². The fourth-order valence-corrected chi connectivity index (χ4v) is 10.2. The van der Waals surface area contributed by atoms with E-state index in [0.29, 0.717) is 0 Å². The summed E-state index contributed by atoms with van der Waals surface area (Å²) in [5.41, 5.74) is 1.55. The van der Waals surface area contributed by atoms with E-state index >= 15 is 0 Å². The molecule has 0 aromatic heterocycles. The minimum Gasteiger partial charge on any atom is -0.0843 e. The zero-order valence-corrected chi connectivity index (χ0v) is 24.3. The number of halogens is 1. The van der Waals surface area contributed by atoms with Crippen molar-refractivity contribution in [2.24, 2.45) is 0 Å². The molecule has 0 saturated heterocycles. The monoisotopic (exact) mass is 495 g/mol. The SMILES string of the molecule is CCCCCCCC[P+](CCCCCCCC)(CCCCCCCC)Cc1ccc(Cl)cc1. The molecule has 0 aliphatic heterocycles.